The van der Waals surface area contributed by atoms with Crippen molar-refractivity contribution < 1.29 is 39.2 Å². The van der Waals surface area contributed by atoms with Crippen LogP contribution in [0.3, 0.4) is 0 Å². The van der Waals surface area contributed by atoms with Gasteiger partial charge >= 0.3 is 5.24 Å². The second-order valence-corrected chi connectivity index (χ2v) is 5.46. The summed E-state index contributed by atoms with van der Waals surface area (Å²) in [5.41, 5.74) is -0.122. The van der Waals surface area contributed by atoms with Crippen LogP contribution in [0, 0.1) is 10.1 Å². The van der Waals surface area contributed by atoms with Gasteiger partial charge in [-0.15, -0.1) is 0 Å². The number of ether oxygens (including phenoxy) is 4. The van der Waals surface area contributed by atoms with Gasteiger partial charge in [-0.1, -0.05) is 0 Å². The molecule has 138 valence electrons. The Hall–Kier alpha value is -1.89. The van der Waals surface area contributed by atoms with E-state index in [2.05, 4.69) is 0 Å². The lowest BCUT2D eigenvalue weighted by Gasteiger charge is -2.40. The molecule has 0 bridgehead atoms. The van der Waals surface area contributed by atoms with Crippen LogP contribution >= 0.6 is 12.2 Å². The average molecular weight is 375 g/mol. The topological polar surface area (TPSA) is 141 Å². The Morgan fingerprint density at radius 2 is 1.96 bits per heavy atom. The molecule has 1 fully saturated rings. The molecular formula is C14H17NO9S. The lowest BCUT2D eigenvalue weighted by atomic mass is 9.99. The van der Waals surface area contributed by atoms with Crippen molar-refractivity contribution in [2.24, 2.45) is 0 Å². The van der Waals surface area contributed by atoms with E-state index in [1.807, 2.05) is 0 Å². The molecule has 1 aliphatic rings. The van der Waals surface area contributed by atoms with Gasteiger partial charge < -0.3 is 34.3 Å². The van der Waals surface area contributed by atoms with Crippen LogP contribution in [0.2, 0.25) is 0 Å². The fourth-order valence-electron chi connectivity index (χ4n) is 2.25. The summed E-state index contributed by atoms with van der Waals surface area (Å²) in [5.74, 6) is 0.175. The first-order valence-electron chi connectivity index (χ1n) is 7.15. The molecular weight excluding hydrogens is 358 g/mol. The molecule has 0 amide bonds. The van der Waals surface area contributed by atoms with E-state index in [1.54, 1.807) is 0 Å². The number of aliphatic hydroxyl groups excluding tert-OH is 3. The molecule has 0 unspecified atom stereocenters. The van der Waals surface area contributed by atoms with Crippen molar-refractivity contribution in [2.75, 3.05) is 13.7 Å². The molecule has 0 aliphatic carbocycles. The van der Waals surface area contributed by atoms with Crippen LogP contribution in [0.1, 0.15) is 0 Å². The molecule has 1 heterocycles. The number of nitro groups is 1. The highest BCUT2D eigenvalue weighted by Gasteiger charge is 2.46. The van der Waals surface area contributed by atoms with E-state index in [0.717, 1.165) is 0 Å². The molecule has 0 spiro atoms. The zero-order valence-electron chi connectivity index (χ0n) is 13.0. The molecule has 0 saturated carbocycles. The summed E-state index contributed by atoms with van der Waals surface area (Å²) in [4.78, 5) is 10.0. The van der Waals surface area contributed by atoms with Gasteiger partial charge in [0.25, 0.3) is 5.69 Å². The monoisotopic (exact) mass is 375 g/mol. The van der Waals surface area contributed by atoms with Gasteiger partial charge in [0, 0.05) is 31.5 Å². The van der Waals surface area contributed by atoms with E-state index in [9.17, 15) is 25.4 Å². The molecule has 1 aromatic carbocycles. The number of nitro benzene ring substituents is 1. The Labute approximate surface area is 147 Å². The summed E-state index contributed by atoms with van der Waals surface area (Å²) in [5, 5.41) is 39.6. The van der Waals surface area contributed by atoms with Crippen molar-refractivity contribution in [2.45, 2.75) is 30.7 Å². The second kappa shape index (κ2) is 8.47. The third kappa shape index (κ3) is 4.60. The average Bonchev–Trinajstić information content (AvgIpc) is 2.59. The van der Waals surface area contributed by atoms with E-state index >= 15 is 0 Å². The van der Waals surface area contributed by atoms with E-state index in [4.69, 9.17) is 31.2 Å². The van der Waals surface area contributed by atoms with Gasteiger partial charge in [0.15, 0.2) is 12.4 Å². The lowest BCUT2D eigenvalue weighted by Crippen LogP contribution is -2.60. The Morgan fingerprint density at radius 3 is 2.48 bits per heavy atom. The number of nitrogens with zero attached hydrogens (tertiary/aromatic N) is 1. The SMILES string of the molecule is CO[C@H]1O[C@H](CO)[C@H](O)[C@H](OC(=S)Oc2ccc([N+](=O)[O-])cc2)[C@H]1O. The smallest absolute Gasteiger partial charge is 0.358 e. The molecule has 1 aromatic rings. The molecule has 11 heteroatoms. The fourth-order valence-corrected chi connectivity index (χ4v) is 2.46. The van der Waals surface area contributed by atoms with Gasteiger partial charge in [-0.25, -0.2) is 0 Å². The van der Waals surface area contributed by atoms with Crippen LogP contribution < -0.4 is 4.74 Å². The van der Waals surface area contributed by atoms with Gasteiger partial charge in [0.05, 0.1) is 11.5 Å². The zero-order chi connectivity index (χ0) is 18.6. The van der Waals surface area contributed by atoms with E-state index in [0.29, 0.717) is 0 Å². The minimum absolute atomic E-state index is 0.122. The van der Waals surface area contributed by atoms with Crippen LogP contribution in [0.5, 0.6) is 5.75 Å². The maximum atomic E-state index is 10.6. The Balaban J connectivity index is 2.03. The van der Waals surface area contributed by atoms with Gasteiger partial charge in [-0.2, -0.15) is 0 Å². The summed E-state index contributed by atoms with van der Waals surface area (Å²) >= 11 is 4.91. The van der Waals surface area contributed by atoms with Crippen LogP contribution in [-0.4, -0.2) is 69.9 Å². The van der Waals surface area contributed by atoms with Crippen molar-refractivity contribution in [3.8, 4) is 5.75 Å². The molecule has 10 nitrogen and oxygen atoms in total. The summed E-state index contributed by atoms with van der Waals surface area (Å²) < 4.78 is 20.6. The fraction of sp³-hybridized carbons (Fsp3) is 0.500. The third-order valence-electron chi connectivity index (χ3n) is 3.54. The normalized spacial score (nSPS) is 29.0. The molecule has 0 aromatic heterocycles. The first-order valence-corrected chi connectivity index (χ1v) is 7.56. The first kappa shape index (κ1) is 19.4. The maximum Gasteiger partial charge on any atom is 0.358 e. The summed E-state index contributed by atoms with van der Waals surface area (Å²) in [6.45, 7) is -0.524. The van der Waals surface area contributed by atoms with Crippen molar-refractivity contribution in [1.29, 1.82) is 0 Å². The number of hydrogen-bond donors (Lipinski definition) is 3. The molecule has 0 radical (unpaired) electrons. The Kier molecular flexibility index (Phi) is 6.58. The van der Waals surface area contributed by atoms with Gasteiger partial charge in [0.2, 0.25) is 0 Å². The highest BCUT2D eigenvalue weighted by atomic mass is 32.1. The number of benzene rings is 1. The van der Waals surface area contributed by atoms with Gasteiger partial charge in [0.1, 0.15) is 24.1 Å². The molecule has 1 saturated heterocycles. The molecule has 3 N–H and O–H groups in total. The predicted octanol–water partition coefficient (Wildman–Crippen LogP) is -0.271. The number of aliphatic hydroxyl groups is 3. The van der Waals surface area contributed by atoms with E-state index < -0.39 is 47.5 Å². The summed E-state index contributed by atoms with van der Waals surface area (Å²) in [6.07, 6.45) is -6.21. The van der Waals surface area contributed by atoms with Crippen molar-refractivity contribution in [3.05, 3.63) is 34.4 Å². The van der Waals surface area contributed by atoms with Crippen molar-refractivity contribution >= 4 is 23.1 Å². The minimum atomic E-state index is -1.39. The highest BCUT2D eigenvalue weighted by Crippen LogP contribution is 2.25. The minimum Gasteiger partial charge on any atom is -0.447 e. The third-order valence-corrected chi connectivity index (χ3v) is 3.71. The van der Waals surface area contributed by atoms with Crippen LogP contribution in [0.15, 0.2) is 24.3 Å². The summed E-state index contributed by atoms with van der Waals surface area (Å²) in [6, 6.07) is 5.08. The van der Waals surface area contributed by atoms with E-state index in [1.165, 1.54) is 31.4 Å². The molecule has 1 aliphatic heterocycles. The molecule has 5 atom stereocenters. The van der Waals surface area contributed by atoms with Crippen molar-refractivity contribution in [3.63, 3.8) is 0 Å². The van der Waals surface area contributed by atoms with Gasteiger partial charge in [-0.05, 0) is 12.1 Å². The Bertz CT molecular complexity index is 595. The maximum absolute atomic E-state index is 10.6. The van der Waals surface area contributed by atoms with Crippen LogP contribution in [-0.2, 0) is 14.2 Å². The summed E-state index contributed by atoms with van der Waals surface area (Å²) in [7, 11) is 1.28. The largest absolute Gasteiger partial charge is 0.447 e. The number of non-ortho nitro benzene ring substituents is 1. The second-order valence-electron chi connectivity index (χ2n) is 5.13. The van der Waals surface area contributed by atoms with Gasteiger partial charge in [-0.3, -0.25) is 10.1 Å². The number of hydrogen-bond acceptors (Lipinski definition) is 10. The Morgan fingerprint density at radius 1 is 1.32 bits per heavy atom. The standard InChI is InChI=1S/C14H17NO9S/c1-21-13-11(18)12(10(17)9(6-16)23-13)24-14(25)22-8-4-2-7(3-5-8)15(19)20/h2-5,9-13,16-18H,6H2,1H3/t9-,10+,11-,12+,13+/m1/s1. The lowest BCUT2D eigenvalue weighted by molar-refractivity contribution is -0.384. The first-order chi connectivity index (χ1) is 11.9. The number of thiocarbonyl (C=S) groups is 1. The quantitative estimate of drug-likeness (QED) is 0.358. The van der Waals surface area contributed by atoms with Crippen LogP contribution in [0.4, 0.5) is 5.69 Å². The highest BCUT2D eigenvalue weighted by molar-refractivity contribution is 7.79. The number of methoxy groups -OCH3 is 1. The number of rotatable bonds is 5. The zero-order valence-corrected chi connectivity index (χ0v) is 13.9. The molecule has 2 rings (SSSR count). The van der Waals surface area contributed by atoms with E-state index in [-0.39, 0.29) is 11.4 Å². The van der Waals surface area contributed by atoms with Crippen molar-refractivity contribution in [1.82, 2.24) is 0 Å². The van der Waals surface area contributed by atoms with Crippen LogP contribution in [0.25, 0.3) is 0 Å². The molecule has 25 heavy (non-hydrogen) atoms. The predicted molar refractivity (Wildman–Crippen MR) is 86.0 cm³/mol.